The van der Waals surface area contributed by atoms with E-state index in [1.807, 2.05) is 12.3 Å². The van der Waals surface area contributed by atoms with Crippen LogP contribution in [0.15, 0.2) is 91.1 Å². The van der Waals surface area contributed by atoms with Crippen LogP contribution in [0.25, 0.3) is 27.6 Å². The summed E-state index contributed by atoms with van der Waals surface area (Å²) in [6.07, 6.45) is 1.91. The van der Waals surface area contributed by atoms with E-state index in [-0.39, 0.29) is 37.4 Å². The Labute approximate surface area is 299 Å². The number of anilines is 3. The second-order valence-corrected chi connectivity index (χ2v) is 15.7. The molecule has 0 saturated heterocycles. The van der Waals surface area contributed by atoms with Gasteiger partial charge in [-0.3, -0.25) is 0 Å². The Morgan fingerprint density at radius 3 is 2.06 bits per heavy atom. The van der Waals surface area contributed by atoms with E-state index in [2.05, 4.69) is 168 Å². The van der Waals surface area contributed by atoms with Gasteiger partial charge in [-0.2, -0.15) is 6.07 Å². The number of hydrogen-bond acceptors (Lipinski definition) is 4. The molecule has 0 amide bonds. The van der Waals surface area contributed by atoms with Gasteiger partial charge in [-0.15, -0.1) is 41.3 Å². The Hall–Kier alpha value is -4.08. The molecule has 48 heavy (non-hydrogen) atoms. The largest absolute Gasteiger partial charge is 2.00 e. The monoisotopic (exact) mass is 815 g/mol. The van der Waals surface area contributed by atoms with Crippen molar-refractivity contribution < 1.29 is 25.8 Å². The summed E-state index contributed by atoms with van der Waals surface area (Å²) in [7, 11) is 0. The summed E-state index contributed by atoms with van der Waals surface area (Å²) < 4.78 is 8.89. The van der Waals surface area contributed by atoms with Crippen molar-refractivity contribution in [1.29, 1.82) is 0 Å². The maximum atomic E-state index is 6.68. The van der Waals surface area contributed by atoms with Crippen molar-refractivity contribution >= 4 is 38.9 Å². The van der Waals surface area contributed by atoms with Crippen LogP contribution in [0.5, 0.6) is 11.5 Å². The van der Waals surface area contributed by atoms with Gasteiger partial charge >= 0.3 is 21.1 Å². The number of hydrogen-bond donors (Lipinski definition) is 0. The Morgan fingerprint density at radius 2 is 1.35 bits per heavy atom. The van der Waals surface area contributed by atoms with Crippen LogP contribution in [0.1, 0.15) is 73.4 Å². The topological polar surface area (TPSA) is 33.5 Å². The molecule has 0 unspecified atom stereocenters. The SMILES string of the molecule is CC(C)(C)c1cc(Oc2[c-]c3c(cc2)c2ccccc2n3-c2cc(C(C)(C)C)ccn2)[c-]c(N2CN(C(C)(C)C)c3ccccc32)c1.[Pt+2]. The molecule has 7 rings (SSSR count). The van der Waals surface area contributed by atoms with E-state index < -0.39 is 0 Å². The number of aromatic nitrogens is 2. The molecule has 0 N–H and O–H groups in total. The minimum absolute atomic E-state index is 0. The first-order chi connectivity index (χ1) is 22.2. The first kappa shape index (κ1) is 33.8. The van der Waals surface area contributed by atoms with Gasteiger partial charge in [0.25, 0.3) is 0 Å². The van der Waals surface area contributed by atoms with Gasteiger partial charge < -0.3 is 19.1 Å². The predicted octanol–water partition coefficient (Wildman–Crippen LogP) is 10.9. The van der Waals surface area contributed by atoms with Crippen molar-refractivity contribution in [3.05, 3.63) is 114 Å². The number of ether oxygens (including phenoxy) is 1. The van der Waals surface area contributed by atoms with E-state index >= 15 is 0 Å². The maximum absolute atomic E-state index is 6.68. The average Bonchev–Trinajstić information content (AvgIpc) is 3.57. The van der Waals surface area contributed by atoms with E-state index in [0.29, 0.717) is 11.5 Å². The van der Waals surface area contributed by atoms with Crippen molar-refractivity contribution in [2.75, 3.05) is 16.5 Å². The normalized spacial score (nSPS) is 13.6. The van der Waals surface area contributed by atoms with Crippen LogP contribution in [-0.4, -0.2) is 21.8 Å². The molecule has 1 aliphatic heterocycles. The zero-order valence-corrected chi connectivity index (χ0v) is 31.7. The Balaban J connectivity index is 0.00000401. The van der Waals surface area contributed by atoms with Crippen LogP contribution in [0.2, 0.25) is 0 Å². The molecule has 6 aromatic rings. The summed E-state index contributed by atoms with van der Waals surface area (Å²) in [4.78, 5) is 9.63. The summed E-state index contributed by atoms with van der Waals surface area (Å²) in [5.41, 5.74) is 7.72. The third kappa shape index (κ3) is 6.14. The van der Waals surface area contributed by atoms with E-state index in [0.717, 1.165) is 40.0 Å². The van der Waals surface area contributed by atoms with E-state index in [1.165, 1.54) is 22.5 Å². The molecule has 2 aromatic heterocycles. The van der Waals surface area contributed by atoms with Crippen molar-refractivity contribution in [2.45, 2.75) is 78.7 Å². The van der Waals surface area contributed by atoms with Crippen LogP contribution in [0.3, 0.4) is 0 Å². The summed E-state index contributed by atoms with van der Waals surface area (Å²) in [6.45, 7) is 20.9. The molecule has 1 aliphatic rings. The van der Waals surface area contributed by atoms with Crippen molar-refractivity contribution in [3.63, 3.8) is 0 Å². The quantitative estimate of drug-likeness (QED) is 0.166. The van der Waals surface area contributed by atoms with Crippen LogP contribution in [0, 0.1) is 12.1 Å². The maximum Gasteiger partial charge on any atom is 2.00 e. The molecular formula is C42H44N4OPt. The zero-order chi connectivity index (χ0) is 33.3. The van der Waals surface area contributed by atoms with Crippen molar-refractivity contribution in [1.82, 2.24) is 9.55 Å². The summed E-state index contributed by atoms with van der Waals surface area (Å²) in [6, 6.07) is 37.2. The molecule has 0 aliphatic carbocycles. The number of pyridine rings is 1. The molecule has 0 radical (unpaired) electrons. The fourth-order valence-corrected chi connectivity index (χ4v) is 6.45. The zero-order valence-electron chi connectivity index (χ0n) is 29.4. The second-order valence-electron chi connectivity index (χ2n) is 15.7. The molecule has 0 saturated carbocycles. The molecule has 248 valence electrons. The first-order valence-corrected chi connectivity index (χ1v) is 16.5. The molecule has 0 bridgehead atoms. The summed E-state index contributed by atoms with van der Waals surface area (Å²) in [5, 5.41) is 2.27. The molecular weight excluding hydrogens is 772 g/mol. The number of benzene rings is 4. The summed E-state index contributed by atoms with van der Waals surface area (Å²) in [5.74, 6) is 2.18. The molecule has 3 heterocycles. The molecule has 5 nitrogen and oxygen atoms in total. The number of nitrogens with zero attached hydrogens (tertiary/aromatic N) is 4. The summed E-state index contributed by atoms with van der Waals surface area (Å²) >= 11 is 0. The van der Waals surface area contributed by atoms with E-state index in [1.54, 1.807) is 0 Å². The molecule has 0 fully saturated rings. The third-order valence-electron chi connectivity index (χ3n) is 9.16. The number of para-hydroxylation sites is 3. The Morgan fingerprint density at radius 1 is 0.667 bits per heavy atom. The fraction of sp³-hybridized carbons (Fsp3) is 0.310. The van der Waals surface area contributed by atoms with Gasteiger partial charge in [0, 0.05) is 28.8 Å². The van der Waals surface area contributed by atoms with Gasteiger partial charge in [0.05, 0.1) is 18.0 Å². The average molecular weight is 816 g/mol. The molecule has 4 aromatic carbocycles. The van der Waals surface area contributed by atoms with Gasteiger partial charge in [0.2, 0.25) is 0 Å². The Bertz CT molecular complexity index is 2130. The predicted molar refractivity (Wildman–Crippen MR) is 196 cm³/mol. The third-order valence-corrected chi connectivity index (χ3v) is 9.16. The van der Waals surface area contributed by atoms with Gasteiger partial charge in [-0.1, -0.05) is 83.1 Å². The van der Waals surface area contributed by atoms with Gasteiger partial charge in [-0.05, 0) is 72.9 Å². The first-order valence-electron chi connectivity index (χ1n) is 16.5. The molecule has 6 heteroatoms. The Kier molecular flexibility index (Phi) is 8.53. The van der Waals surface area contributed by atoms with Crippen molar-refractivity contribution in [2.24, 2.45) is 0 Å². The van der Waals surface area contributed by atoms with Gasteiger partial charge in [0.1, 0.15) is 5.82 Å². The minimum Gasteiger partial charge on any atom is -0.509 e. The molecule has 0 atom stereocenters. The van der Waals surface area contributed by atoms with Crippen LogP contribution < -0.4 is 14.5 Å². The number of fused-ring (bicyclic) bond motifs is 4. The molecule has 0 spiro atoms. The van der Waals surface area contributed by atoms with Gasteiger partial charge in [0.15, 0.2) is 0 Å². The smallest absolute Gasteiger partial charge is 0.509 e. The van der Waals surface area contributed by atoms with E-state index in [9.17, 15) is 0 Å². The van der Waals surface area contributed by atoms with Crippen LogP contribution in [-0.2, 0) is 31.9 Å². The number of rotatable bonds is 4. The minimum atomic E-state index is -0.0885. The van der Waals surface area contributed by atoms with E-state index in [4.69, 9.17) is 9.72 Å². The van der Waals surface area contributed by atoms with Gasteiger partial charge in [-0.25, -0.2) is 4.98 Å². The standard InChI is InChI=1S/C42H44N4O.Pt/c1-40(2,3)28-20-21-43-39(24-28)46-35-15-11-10-14-33(35)34-19-18-31(26-38(34)46)47-32-23-29(41(4,5)6)22-30(25-32)44-27-45(42(7,8)9)37-17-13-12-16-36(37)44;/h10-24H,27H2,1-9H3;/q-2;+2. The fourth-order valence-electron chi connectivity index (χ4n) is 6.45. The van der Waals surface area contributed by atoms with Crippen LogP contribution in [0.4, 0.5) is 17.1 Å². The second kappa shape index (κ2) is 12.1. The van der Waals surface area contributed by atoms with Crippen LogP contribution >= 0.6 is 0 Å². The van der Waals surface area contributed by atoms with Crippen molar-refractivity contribution in [3.8, 4) is 17.3 Å².